The van der Waals surface area contributed by atoms with Crippen molar-refractivity contribution in [1.82, 2.24) is 14.9 Å². The van der Waals surface area contributed by atoms with Crippen molar-refractivity contribution in [3.05, 3.63) is 24.0 Å². The van der Waals surface area contributed by atoms with Crippen LogP contribution in [0.2, 0.25) is 0 Å². The molecule has 0 unspecified atom stereocenters. The Morgan fingerprint density at radius 1 is 1.36 bits per heavy atom. The lowest BCUT2D eigenvalue weighted by molar-refractivity contribution is 0.0194. The minimum absolute atomic E-state index is 0.166. The second kappa shape index (κ2) is 7.33. The summed E-state index contributed by atoms with van der Waals surface area (Å²) in [6.45, 7) is 9.89. The molecule has 6 nitrogen and oxygen atoms in total. The maximum Gasteiger partial charge on any atom is 0.410 e. The SMILES string of the molecule is CNc1ccc2nc([C@@H](CC(C)C)N(C)C(=O)OC(C)(C)C)[nH]c2c1. The first-order chi connectivity index (χ1) is 11.6. The van der Waals surface area contributed by atoms with E-state index in [4.69, 9.17) is 9.72 Å². The van der Waals surface area contributed by atoms with Gasteiger partial charge in [-0.25, -0.2) is 9.78 Å². The highest BCUT2D eigenvalue weighted by Crippen LogP contribution is 2.28. The van der Waals surface area contributed by atoms with E-state index in [2.05, 4.69) is 24.1 Å². The minimum Gasteiger partial charge on any atom is -0.444 e. The largest absolute Gasteiger partial charge is 0.444 e. The lowest BCUT2D eigenvalue weighted by atomic mass is 10.0. The Labute approximate surface area is 150 Å². The average Bonchev–Trinajstić information content (AvgIpc) is 2.92. The van der Waals surface area contributed by atoms with Crippen molar-refractivity contribution in [2.45, 2.75) is 52.7 Å². The molecule has 1 aromatic carbocycles. The van der Waals surface area contributed by atoms with Crippen LogP contribution in [0.15, 0.2) is 18.2 Å². The van der Waals surface area contributed by atoms with Crippen molar-refractivity contribution in [3.8, 4) is 0 Å². The summed E-state index contributed by atoms with van der Waals surface area (Å²) in [5.74, 6) is 1.20. The van der Waals surface area contributed by atoms with Gasteiger partial charge >= 0.3 is 6.09 Å². The lowest BCUT2D eigenvalue weighted by Crippen LogP contribution is -2.37. The molecule has 0 fully saturated rings. The van der Waals surface area contributed by atoms with Crippen LogP contribution in [-0.4, -0.2) is 40.7 Å². The van der Waals surface area contributed by atoms with E-state index in [1.165, 1.54) is 0 Å². The van der Waals surface area contributed by atoms with Gasteiger partial charge in [0.2, 0.25) is 0 Å². The third-order valence-electron chi connectivity index (χ3n) is 3.95. The van der Waals surface area contributed by atoms with Crippen LogP contribution in [0, 0.1) is 5.92 Å². The van der Waals surface area contributed by atoms with Crippen LogP contribution >= 0.6 is 0 Å². The smallest absolute Gasteiger partial charge is 0.410 e. The molecule has 2 rings (SSSR count). The standard InChI is InChI=1S/C19H30N4O2/c1-12(2)10-16(23(7)18(24)25-19(3,4)5)17-21-14-9-8-13(20-6)11-15(14)22-17/h8-9,11-12,16,20H,10H2,1-7H3,(H,21,22)/t16-/m1/s1. The molecule has 0 saturated heterocycles. The second-order valence-electron chi connectivity index (χ2n) is 7.84. The molecule has 6 heteroatoms. The summed E-state index contributed by atoms with van der Waals surface area (Å²) in [5.41, 5.74) is 2.33. The maximum absolute atomic E-state index is 12.5. The first-order valence-electron chi connectivity index (χ1n) is 8.74. The summed E-state index contributed by atoms with van der Waals surface area (Å²) < 4.78 is 5.53. The quantitative estimate of drug-likeness (QED) is 0.832. The second-order valence-corrected chi connectivity index (χ2v) is 7.84. The molecule has 25 heavy (non-hydrogen) atoms. The molecule has 1 atom stereocenters. The van der Waals surface area contributed by atoms with Crippen LogP contribution in [0.4, 0.5) is 10.5 Å². The number of nitrogens with one attached hydrogen (secondary N) is 2. The molecule has 0 radical (unpaired) electrons. The van der Waals surface area contributed by atoms with Crippen molar-refractivity contribution in [2.24, 2.45) is 5.92 Å². The van der Waals surface area contributed by atoms with Gasteiger partial charge in [-0.05, 0) is 51.3 Å². The summed E-state index contributed by atoms with van der Waals surface area (Å²) >= 11 is 0. The number of aromatic amines is 1. The van der Waals surface area contributed by atoms with Crippen molar-refractivity contribution in [3.63, 3.8) is 0 Å². The van der Waals surface area contributed by atoms with Crippen molar-refractivity contribution < 1.29 is 9.53 Å². The number of hydrogen-bond donors (Lipinski definition) is 2. The molecule has 0 aliphatic carbocycles. The Kier molecular flexibility index (Phi) is 5.60. The van der Waals surface area contributed by atoms with Crippen molar-refractivity contribution >= 4 is 22.8 Å². The lowest BCUT2D eigenvalue weighted by Gasteiger charge is -2.30. The number of rotatable bonds is 5. The zero-order valence-electron chi connectivity index (χ0n) is 16.3. The number of ether oxygens (including phenoxy) is 1. The number of benzene rings is 1. The number of carbonyl (C=O) groups excluding carboxylic acids is 1. The van der Waals surface area contributed by atoms with Gasteiger partial charge in [0.05, 0.1) is 17.1 Å². The molecule has 1 amide bonds. The Morgan fingerprint density at radius 2 is 2.04 bits per heavy atom. The molecule has 0 aliphatic rings. The zero-order chi connectivity index (χ0) is 18.8. The number of hydrogen-bond acceptors (Lipinski definition) is 4. The third-order valence-corrected chi connectivity index (χ3v) is 3.95. The molecular weight excluding hydrogens is 316 g/mol. The molecule has 2 aromatic rings. The molecule has 0 saturated carbocycles. The highest BCUT2D eigenvalue weighted by Gasteiger charge is 2.29. The summed E-state index contributed by atoms with van der Waals surface area (Å²) in [7, 11) is 3.66. The summed E-state index contributed by atoms with van der Waals surface area (Å²) in [5, 5.41) is 3.12. The van der Waals surface area contributed by atoms with Gasteiger partial charge in [-0.3, -0.25) is 0 Å². The minimum atomic E-state index is -0.525. The molecule has 0 spiro atoms. The Balaban J connectivity index is 2.34. The topological polar surface area (TPSA) is 70.2 Å². The van der Waals surface area contributed by atoms with E-state index in [1.807, 2.05) is 46.0 Å². The first kappa shape index (κ1) is 19.1. The van der Waals surface area contributed by atoms with E-state index in [-0.39, 0.29) is 12.1 Å². The number of carbonyl (C=O) groups is 1. The van der Waals surface area contributed by atoms with Gasteiger partial charge in [0.1, 0.15) is 11.4 Å². The van der Waals surface area contributed by atoms with Crippen molar-refractivity contribution in [2.75, 3.05) is 19.4 Å². The summed E-state index contributed by atoms with van der Waals surface area (Å²) in [6, 6.07) is 5.81. The molecule has 1 aromatic heterocycles. The number of amides is 1. The maximum atomic E-state index is 12.5. The van der Waals surface area contributed by atoms with E-state index in [9.17, 15) is 4.79 Å². The fourth-order valence-corrected chi connectivity index (χ4v) is 2.70. The predicted molar refractivity (Wildman–Crippen MR) is 102 cm³/mol. The van der Waals surface area contributed by atoms with E-state index in [0.29, 0.717) is 5.92 Å². The van der Waals surface area contributed by atoms with E-state index < -0.39 is 5.60 Å². The molecule has 1 heterocycles. The number of aromatic nitrogens is 2. The van der Waals surface area contributed by atoms with Crippen LogP contribution in [0.1, 0.15) is 52.9 Å². The van der Waals surface area contributed by atoms with Crippen molar-refractivity contribution in [1.29, 1.82) is 0 Å². The Bertz CT molecular complexity index is 731. The predicted octanol–water partition coefficient (Wildman–Crippen LogP) is 4.56. The van der Waals surface area contributed by atoms with Gasteiger partial charge in [-0.2, -0.15) is 0 Å². The molecule has 2 N–H and O–H groups in total. The fourth-order valence-electron chi connectivity index (χ4n) is 2.70. The molecular formula is C19H30N4O2. The van der Waals surface area contributed by atoms with Crippen LogP contribution < -0.4 is 5.32 Å². The van der Waals surface area contributed by atoms with Gasteiger partial charge in [-0.1, -0.05) is 13.8 Å². The third kappa shape index (κ3) is 4.87. The van der Waals surface area contributed by atoms with Crippen LogP contribution in [0.3, 0.4) is 0 Å². The highest BCUT2D eigenvalue weighted by atomic mass is 16.6. The van der Waals surface area contributed by atoms with Crippen LogP contribution in [0.25, 0.3) is 11.0 Å². The van der Waals surface area contributed by atoms with Gasteiger partial charge < -0.3 is 19.9 Å². The van der Waals surface area contributed by atoms with Gasteiger partial charge in [0.15, 0.2) is 0 Å². The number of fused-ring (bicyclic) bond motifs is 1. The van der Waals surface area contributed by atoms with Crippen LogP contribution in [0.5, 0.6) is 0 Å². The number of H-pyrrole nitrogens is 1. The normalized spacial score (nSPS) is 13.1. The molecule has 138 valence electrons. The van der Waals surface area contributed by atoms with Crippen LogP contribution in [-0.2, 0) is 4.74 Å². The molecule has 0 bridgehead atoms. The Morgan fingerprint density at radius 3 is 2.60 bits per heavy atom. The Hall–Kier alpha value is -2.24. The summed E-state index contributed by atoms with van der Waals surface area (Å²) in [4.78, 5) is 22.2. The van der Waals surface area contributed by atoms with E-state index >= 15 is 0 Å². The highest BCUT2D eigenvalue weighted by molar-refractivity contribution is 5.79. The van der Waals surface area contributed by atoms with E-state index in [1.54, 1.807) is 11.9 Å². The average molecular weight is 346 g/mol. The number of anilines is 1. The number of imidazole rings is 1. The fraction of sp³-hybridized carbons (Fsp3) is 0.579. The zero-order valence-corrected chi connectivity index (χ0v) is 16.3. The van der Waals surface area contributed by atoms with E-state index in [0.717, 1.165) is 29.0 Å². The van der Waals surface area contributed by atoms with Gasteiger partial charge in [0, 0.05) is 19.8 Å². The first-order valence-corrected chi connectivity index (χ1v) is 8.74. The van der Waals surface area contributed by atoms with Gasteiger partial charge in [0.25, 0.3) is 0 Å². The van der Waals surface area contributed by atoms with Gasteiger partial charge in [-0.15, -0.1) is 0 Å². The summed E-state index contributed by atoms with van der Waals surface area (Å²) in [6.07, 6.45) is 0.462. The number of nitrogens with zero attached hydrogens (tertiary/aromatic N) is 2. The monoisotopic (exact) mass is 346 g/mol. The molecule has 0 aliphatic heterocycles.